The van der Waals surface area contributed by atoms with Crippen molar-refractivity contribution in [3.05, 3.63) is 65.7 Å². The number of rotatable bonds is 5. The first-order valence-corrected chi connectivity index (χ1v) is 10.2. The molecule has 3 rings (SSSR count). The summed E-state index contributed by atoms with van der Waals surface area (Å²) in [5.74, 6) is -0.151. The molecule has 0 spiro atoms. The fraction of sp³-hybridized carbons (Fsp3) is 0.350. The van der Waals surface area contributed by atoms with E-state index < -0.39 is 16.1 Å². The summed E-state index contributed by atoms with van der Waals surface area (Å²) in [6, 6.07) is 15.8. The Hall–Kier alpha value is -2.18. The molecule has 1 unspecified atom stereocenters. The Bertz CT molecular complexity index is 864. The van der Waals surface area contributed by atoms with Crippen LogP contribution in [0.25, 0.3) is 0 Å². The molecule has 5 nitrogen and oxygen atoms in total. The zero-order valence-electron chi connectivity index (χ0n) is 15.1. The van der Waals surface area contributed by atoms with Crippen molar-refractivity contribution in [2.24, 2.45) is 0 Å². The summed E-state index contributed by atoms with van der Waals surface area (Å²) < 4.78 is 27.4. The molecule has 26 heavy (non-hydrogen) atoms. The minimum atomic E-state index is -3.67. The van der Waals surface area contributed by atoms with Gasteiger partial charge in [0, 0.05) is 20.1 Å². The molecule has 0 saturated carbocycles. The van der Waals surface area contributed by atoms with Gasteiger partial charge in [-0.05, 0) is 37.5 Å². The van der Waals surface area contributed by atoms with Gasteiger partial charge in [-0.2, -0.15) is 4.31 Å². The molecule has 1 amide bonds. The van der Waals surface area contributed by atoms with E-state index >= 15 is 0 Å². The second-order valence-corrected chi connectivity index (χ2v) is 8.66. The maximum absolute atomic E-state index is 13.0. The molecule has 1 saturated heterocycles. The Morgan fingerprint density at radius 1 is 1.12 bits per heavy atom. The number of benzene rings is 2. The molecule has 0 bridgehead atoms. The van der Waals surface area contributed by atoms with Crippen molar-refractivity contribution in [1.29, 1.82) is 0 Å². The Labute approximate surface area is 155 Å². The lowest BCUT2D eigenvalue weighted by atomic mass is 10.1. The predicted molar refractivity (Wildman–Crippen MR) is 101 cm³/mol. The van der Waals surface area contributed by atoms with Crippen molar-refractivity contribution < 1.29 is 13.2 Å². The summed E-state index contributed by atoms with van der Waals surface area (Å²) in [4.78, 5) is 14.8. The zero-order valence-corrected chi connectivity index (χ0v) is 15.9. The number of sulfonamides is 1. The van der Waals surface area contributed by atoms with Crippen molar-refractivity contribution in [2.45, 2.75) is 37.2 Å². The van der Waals surface area contributed by atoms with Crippen molar-refractivity contribution in [2.75, 3.05) is 13.6 Å². The Morgan fingerprint density at radius 3 is 2.42 bits per heavy atom. The van der Waals surface area contributed by atoms with Gasteiger partial charge in [-0.25, -0.2) is 8.42 Å². The Kier molecular flexibility index (Phi) is 5.44. The number of nitrogens with zero attached hydrogens (tertiary/aromatic N) is 2. The van der Waals surface area contributed by atoms with E-state index in [2.05, 4.69) is 0 Å². The summed E-state index contributed by atoms with van der Waals surface area (Å²) in [5, 5.41) is 0. The van der Waals surface area contributed by atoms with Gasteiger partial charge in [-0.15, -0.1) is 0 Å². The van der Waals surface area contributed by atoms with Gasteiger partial charge in [0.25, 0.3) is 0 Å². The smallest absolute Gasteiger partial charge is 0.243 e. The van der Waals surface area contributed by atoms with E-state index in [4.69, 9.17) is 0 Å². The first-order chi connectivity index (χ1) is 12.4. The van der Waals surface area contributed by atoms with Gasteiger partial charge in [-0.3, -0.25) is 4.79 Å². The van der Waals surface area contributed by atoms with Crippen molar-refractivity contribution >= 4 is 15.9 Å². The molecule has 1 heterocycles. The highest BCUT2D eigenvalue weighted by atomic mass is 32.2. The van der Waals surface area contributed by atoms with E-state index in [1.54, 1.807) is 36.2 Å². The van der Waals surface area contributed by atoms with Crippen LogP contribution in [-0.4, -0.2) is 43.2 Å². The first kappa shape index (κ1) is 18.6. The standard InChI is InChI=1S/C20H24N2O3S/c1-16-10-12-18(13-11-16)26(24,25)22-14-6-9-19(22)20(23)21(2)15-17-7-4-3-5-8-17/h3-5,7-8,10-13,19H,6,9,14-15H2,1-2H3. The molecular weight excluding hydrogens is 348 g/mol. The highest BCUT2D eigenvalue weighted by Gasteiger charge is 2.40. The van der Waals surface area contributed by atoms with Crippen molar-refractivity contribution in [3.8, 4) is 0 Å². The van der Waals surface area contributed by atoms with Crippen LogP contribution in [0.4, 0.5) is 0 Å². The molecule has 0 N–H and O–H groups in total. The molecule has 0 aliphatic carbocycles. The number of carbonyl (C=O) groups is 1. The molecular formula is C20H24N2O3S. The third kappa shape index (κ3) is 3.81. The molecule has 138 valence electrons. The van der Waals surface area contributed by atoms with Gasteiger partial charge in [-0.1, -0.05) is 48.0 Å². The normalized spacial score (nSPS) is 18.0. The highest BCUT2D eigenvalue weighted by Crippen LogP contribution is 2.27. The minimum absolute atomic E-state index is 0.151. The predicted octanol–water partition coefficient (Wildman–Crippen LogP) is 2.81. The third-order valence-electron chi connectivity index (χ3n) is 4.76. The van der Waals surface area contributed by atoms with Crippen LogP contribution in [0.1, 0.15) is 24.0 Å². The molecule has 0 aromatic heterocycles. The minimum Gasteiger partial charge on any atom is -0.340 e. The summed E-state index contributed by atoms with van der Waals surface area (Å²) in [6.07, 6.45) is 1.25. The van der Waals surface area contributed by atoms with Crippen molar-refractivity contribution in [3.63, 3.8) is 0 Å². The largest absolute Gasteiger partial charge is 0.340 e. The van der Waals surface area contributed by atoms with E-state index in [1.165, 1.54) is 4.31 Å². The first-order valence-electron chi connectivity index (χ1n) is 8.77. The average Bonchev–Trinajstić information content (AvgIpc) is 3.13. The molecule has 0 radical (unpaired) electrons. The SMILES string of the molecule is Cc1ccc(S(=O)(=O)N2CCCC2C(=O)N(C)Cc2ccccc2)cc1. The van der Waals surface area contributed by atoms with E-state index in [1.807, 2.05) is 37.3 Å². The second-order valence-electron chi connectivity index (χ2n) is 6.77. The zero-order chi connectivity index (χ0) is 18.7. The van der Waals surface area contributed by atoms with Crippen LogP contribution in [-0.2, 0) is 21.4 Å². The summed E-state index contributed by atoms with van der Waals surface area (Å²) in [7, 11) is -1.94. The fourth-order valence-electron chi connectivity index (χ4n) is 3.31. The van der Waals surface area contributed by atoms with E-state index in [9.17, 15) is 13.2 Å². The molecule has 2 aromatic carbocycles. The number of hydrogen-bond acceptors (Lipinski definition) is 3. The topological polar surface area (TPSA) is 57.7 Å². The van der Waals surface area contributed by atoms with E-state index in [0.29, 0.717) is 25.9 Å². The average molecular weight is 372 g/mol. The monoisotopic (exact) mass is 372 g/mol. The van der Waals surface area contributed by atoms with Crippen LogP contribution in [0.2, 0.25) is 0 Å². The van der Waals surface area contributed by atoms with Gasteiger partial charge >= 0.3 is 0 Å². The lowest BCUT2D eigenvalue weighted by molar-refractivity contribution is -0.133. The van der Waals surface area contributed by atoms with Gasteiger partial charge in [0.05, 0.1) is 4.90 Å². The van der Waals surface area contributed by atoms with Gasteiger partial charge < -0.3 is 4.90 Å². The van der Waals surface area contributed by atoms with E-state index in [-0.39, 0.29) is 10.8 Å². The van der Waals surface area contributed by atoms with Crippen molar-refractivity contribution in [1.82, 2.24) is 9.21 Å². The molecule has 1 fully saturated rings. The quantitative estimate of drug-likeness (QED) is 0.811. The van der Waals surface area contributed by atoms with Crippen LogP contribution in [0.15, 0.2) is 59.5 Å². The number of carbonyl (C=O) groups excluding carboxylic acids is 1. The summed E-state index contributed by atoms with van der Waals surface area (Å²) >= 11 is 0. The molecule has 2 aromatic rings. The fourth-order valence-corrected chi connectivity index (χ4v) is 4.96. The second kappa shape index (κ2) is 7.60. The Morgan fingerprint density at radius 2 is 1.77 bits per heavy atom. The Balaban J connectivity index is 1.78. The number of likely N-dealkylation sites (N-methyl/N-ethyl adjacent to an activating group) is 1. The lowest BCUT2D eigenvalue weighted by Gasteiger charge is -2.27. The lowest BCUT2D eigenvalue weighted by Crippen LogP contribution is -2.46. The molecule has 1 atom stereocenters. The molecule has 1 aliphatic heterocycles. The third-order valence-corrected chi connectivity index (χ3v) is 6.68. The van der Waals surface area contributed by atoms with Crippen LogP contribution in [0.3, 0.4) is 0 Å². The maximum atomic E-state index is 13.0. The highest BCUT2D eigenvalue weighted by molar-refractivity contribution is 7.89. The number of hydrogen-bond donors (Lipinski definition) is 0. The molecule has 6 heteroatoms. The van der Waals surface area contributed by atoms with Gasteiger partial charge in [0.2, 0.25) is 15.9 Å². The number of aryl methyl sites for hydroxylation is 1. The maximum Gasteiger partial charge on any atom is 0.243 e. The van der Waals surface area contributed by atoms with Crippen LogP contribution in [0, 0.1) is 6.92 Å². The van der Waals surface area contributed by atoms with Crippen LogP contribution >= 0.6 is 0 Å². The van der Waals surface area contributed by atoms with E-state index in [0.717, 1.165) is 11.1 Å². The van der Waals surface area contributed by atoms with Gasteiger partial charge in [0.1, 0.15) is 6.04 Å². The summed E-state index contributed by atoms with van der Waals surface area (Å²) in [6.45, 7) is 2.76. The number of amides is 1. The summed E-state index contributed by atoms with van der Waals surface area (Å²) in [5.41, 5.74) is 2.02. The van der Waals surface area contributed by atoms with Gasteiger partial charge in [0.15, 0.2) is 0 Å². The molecule has 1 aliphatic rings. The van der Waals surface area contributed by atoms with Crippen LogP contribution < -0.4 is 0 Å². The van der Waals surface area contributed by atoms with Crippen LogP contribution in [0.5, 0.6) is 0 Å².